The molecule has 2 aromatic rings. The Morgan fingerprint density at radius 3 is 2.43 bits per heavy atom. The normalized spacial score (nSPS) is 21.7. The molecule has 2 heterocycles. The molecule has 0 unspecified atom stereocenters. The molecule has 2 amide bonds. The summed E-state index contributed by atoms with van der Waals surface area (Å²) in [5, 5.41) is 4.88. The molecule has 0 aromatic heterocycles. The van der Waals surface area contributed by atoms with Crippen LogP contribution in [0.3, 0.4) is 0 Å². The molecule has 35 heavy (non-hydrogen) atoms. The molecule has 2 aromatic carbocycles. The Morgan fingerprint density at radius 1 is 1.09 bits per heavy atom. The van der Waals surface area contributed by atoms with Gasteiger partial charge >= 0.3 is 13.2 Å². The van der Waals surface area contributed by atoms with Gasteiger partial charge in [0, 0.05) is 24.7 Å². The van der Waals surface area contributed by atoms with Crippen LogP contribution >= 0.6 is 0 Å². The standard InChI is InChI=1S/C27H37BN2O5/c1-25(2,3)33-24(32)29-20-11-9-15-30(17-20)23(31)19-13-14-21-18(16-19)10-8-12-22(21)28-34-26(4,5)27(6,7)35-28/h8,10,12-14,16,20H,9,11,15,17H2,1-7H3,(H,29,32)/t20-/m1/s1. The van der Waals surface area contributed by atoms with Gasteiger partial charge in [0.05, 0.1) is 11.2 Å². The number of likely N-dealkylation sites (tertiary alicyclic amines) is 1. The molecule has 2 fully saturated rings. The van der Waals surface area contributed by atoms with Crippen LogP contribution in [0.5, 0.6) is 0 Å². The van der Waals surface area contributed by atoms with E-state index < -0.39 is 30.0 Å². The molecule has 4 rings (SSSR count). The SMILES string of the molecule is CC(C)(C)OC(=O)N[C@@H]1CCCN(C(=O)c2ccc3c(B4OC(C)(C)C(C)(C)O4)cccc3c2)C1. The van der Waals surface area contributed by atoms with Crippen LogP contribution in [0.1, 0.15) is 71.7 Å². The molecule has 0 saturated carbocycles. The third-order valence-corrected chi connectivity index (χ3v) is 7.10. The average Bonchev–Trinajstić information content (AvgIpc) is 2.98. The largest absolute Gasteiger partial charge is 0.495 e. The van der Waals surface area contributed by atoms with Crippen molar-refractivity contribution in [3.05, 3.63) is 42.0 Å². The predicted octanol–water partition coefficient (Wildman–Crippen LogP) is 4.27. The Labute approximate surface area is 208 Å². The second kappa shape index (κ2) is 9.14. The van der Waals surface area contributed by atoms with E-state index in [0.29, 0.717) is 18.7 Å². The summed E-state index contributed by atoms with van der Waals surface area (Å²) in [5.41, 5.74) is 0.182. The van der Waals surface area contributed by atoms with Crippen molar-refractivity contribution in [2.75, 3.05) is 13.1 Å². The lowest BCUT2D eigenvalue weighted by Gasteiger charge is -2.33. The molecule has 1 atom stereocenters. The highest BCUT2D eigenvalue weighted by Gasteiger charge is 2.52. The Balaban J connectivity index is 1.50. The summed E-state index contributed by atoms with van der Waals surface area (Å²) in [6.45, 7) is 14.8. The highest BCUT2D eigenvalue weighted by atomic mass is 16.7. The minimum absolute atomic E-state index is 0.0383. The lowest BCUT2D eigenvalue weighted by atomic mass is 9.76. The van der Waals surface area contributed by atoms with Crippen LogP contribution in [0, 0.1) is 0 Å². The van der Waals surface area contributed by atoms with Crippen LogP contribution in [0.25, 0.3) is 10.8 Å². The number of hydrogen-bond donors (Lipinski definition) is 1. The van der Waals surface area contributed by atoms with Crippen molar-refractivity contribution in [2.24, 2.45) is 0 Å². The minimum atomic E-state index is -0.557. The molecular formula is C27H37BN2O5. The summed E-state index contributed by atoms with van der Waals surface area (Å²) < 4.78 is 17.9. The summed E-state index contributed by atoms with van der Waals surface area (Å²) in [5.74, 6) is -0.0383. The number of alkyl carbamates (subject to hydrolysis) is 1. The van der Waals surface area contributed by atoms with Gasteiger partial charge in [0.25, 0.3) is 5.91 Å². The van der Waals surface area contributed by atoms with Crippen molar-refractivity contribution < 1.29 is 23.6 Å². The lowest BCUT2D eigenvalue weighted by Crippen LogP contribution is -2.50. The second-order valence-electron chi connectivity index (χ2n) is 11.6. The van der Waals surface area contributed by atoms with Gasteiger partial charge in [-0.25, -0.2) is 4.79 Å². The van der Waals surface area contributed by atoms with Gasteiger partial charge in [-0.3, -0.25) is 4.79 Å². The average molecular weight is 480 g/mol. The molecule has 7 nitrogen and oxygen atoms in total. The van der Waals surface area contributed by atoms with E-state index in [9.17, 15) is 9.59 Å². The lowest BCUT2D eigenvalue weighted by molar-refractivity contribution is 0.00578. The van der Waals surface area contributed by atoms with E-state index in [1.807, 2.05) is 89.8 Å². The van der Waals surface area contributed by atoms with Crippen LogP contribution in [0.4, 0.5) is 4.79 Å². The molecule has 0 bridgehead atoms. The van der Waals surface area contributed by atoms with Gasteiger partial charge in [0.1, 0.15) is 5.60 Å². The van der Waals surface area contributed by atoms with Crippen LogP contribution in [0.2, 0.25) is 0 Å². The number of ether oxygens (including phenoxy) is 1. The smallest absolute Gasteiger partial charge is 0.444 e. The van der Waals surface area contributed by atoms with E-state index in [-0.39, 0.29) is 11.9 Å². The van der Waals surface area contributed by atoms with Gasteiger partial charge in [-0.2, -0.15) is 0 Å². The monoisotopic (exact) mass is 480 g/mol. The molecule has 188 valence electrons. The van der Waals surface area contributed by atoms with Crippen molar-refractivity contribution in [2.45, 2.75) is 84.2 Å². The van der Waals surface area contributed by atoms with Crippen molar-refractivity contribution in [3.63, 3.8) is 0 Å². The van der Waals surface area contributed by atoms with E-state index in [0.717, 1.165) is 29.1 Å². The Bertz CT molecular complexity index is 1110. The Morgan fingerprint density at radius 2 is 1.77 bits per heavy atom. The van der Waals surface area contributed by atoms with E-state index in [1.165, 1.54) is 0 Å². The number of piperidine rings is 1. The van der Waals surface area contributed by atoms with E-state index in [2.05, 4.69) is 5.32 Å². The number of rotatable bonds is 3. The molecule has 8 heteroatoms. The van der Waals surface area contributed by atoms with E-state index in [4.69, 9.17) is 14.0 Å². The maximum atomic E-state index is 13.3. The fraction of sp³-hybridized carbons (Fsp3) is 0.556. The zero-order valence-corrected chi connectivity index (χ0v) is 21.9. The number of hydrogen-bond acceptors (Lipinski definition) is 5. The number of nitrogens with one attached hydrogen (secondary N) is 1. The van der Waals surface area contributed by atoms with Crippen molar-refractivity contribution in [1.29, 1.82) is 0 Å². The first kappa shape index (κ1) is 25.5. The topological polar surface area (TPSA) is 77.1 Å². The van der Waals surface area contributed by atoms with Gasteiger partial charge in [-0.15, -0.1) is 0 Å². The van der Waals surface area contributed by atoms with Crippen molar-refractivity contribution >= 4 is 35.4 Å². The van der Waals surface area contributed by atoms with E-state index in [1.54, 1.807) is 0 Å². The van der Waals surface area contributed by atoms with Crippen LogP contribution in [-0.4, -0.2) is 60.0 Å². The quantitative estimate of drug-likeness (QED) is 0.665. The molecule has 2 aliphatic heterocycles. The number of nitrogens with zero attached hydrogens (tertiary/aromatic N) is 1. The molecular weight excluding hydrogens is 443 g/mol. The number of amides is 2. The van der Waals surface area contributed by atoms with Crippen molar-refractivity contribution in [1.82, 2.24) is 10.2 Å². The number of carbonyl (C=O) groups is 2. The first-order valence-electron chi connectivity index (χ1n) is 12.4. The summed E-state index contributed by atoms with van der Waals surface area (Å²) in [7, 11) is -0.466. The number of fused-ring (bicyclic) bond motifs is 1. The summed E-state index contributed by atoms with van der Waals surface area (Å²) in [6, 6.07) is 11.6. The fourth-order valence-electron chi connectivity index (χ4n) is 4.55. The van der Waals surface area contributed by atoms with Crippen LogP contribution in [0.15, 0.2) is 36.4 Å². The number of benzene rings is 2. The maximum absolute atomic E-state index is 13.3. The first-order chi connectivity index (χ1) is 16.3. The maximum Gasteiger partial charge on any atom is 0.495 e. The summed E-state index contributed by atoms with van der Waals surface area (Å²) in [4.78, 5) is 27.3. The molecule has 0 spiro atoms. The van der Waals surface area contributed by atoms with E-state index >= 15 is 0 Å². The van der Waals surface area contributed by atoms with Crippen LogP contribution in [-0.2, 0) is 14.0 Å². The Hall–Kier alpha value is -2.58. The van der Waals surface area contributed by atoms with Gasteiger partial charge < -0.3 is 24.3 Å². The minimum Gasteiger partial charge on any atom is -0.444 e. The molecule has 2 aliphatic rings. The molecule has 0 radical (unpaired) electrons. The van der Waals surface area contributed by atoms with Gasteiger partial charge in [0.2, 0.25) is 0 Å². The molecule has 0 aliphatic carbocycles. The second-order valence-corrected chi connectivity index (χ2v) is 11.6. The van der Waals surface area contributed by atoms with Gasteiger partial charge in [-0.1, -0.05) is 24.3 Å². The van der Waals surface area contributed by atoms with Crippen LogP contribution < -0.4 is 10.8 Å². The molecule has 1 N–H and O–H groups in total. The predicted molar refractivity (Wildman–Crippen MR) is 138 cm³/mol. The number of carbonyl (C=O) groups excluding carboxylic acids is 2. The van der Waals surface area contributed by atoms with Gasteiger partial charge in [-0.05, 0) is 89.7 Å². The third-order valence-electron chi connectivity index (χ3n) is 7.10. The van der Waals surface area contributed by atoms with Gasteiger partial charge in [0.15, 0.2) is 0 Å². The third kappa shape index (κ3) is 5.49. The Kier molecular flexibility index (Phi) is 6.66. The fourth-order valence-corrected chi connectivity index (χ4v) is 4.55. The molecule has 2 saturated heterocycles. The highest BCUT2D eigenvalue weighted by molar-refractivity contribution is 6.65. The zero-order valence-electron chi connectivity index (χ0n) is 21.9. The highest BCUT2D eigenvalue weighted by Crippen LogP contribution is 2.37. The zero-order chi connectivity index (χ0) is 25.6. The summed E-state index contributed by atoms with van der Waals surface area (Å²) in [6.07, 6.45) is 1.20. The first-order valence-corrected chi connectivity index (χ1v) is 12.4. The van der Waals surface area contributed by atoms with Crippen molar-refractivity contribution in [3.8, 4) is 0 Å². The summed E-state index contributed by atoms with van der Waals surface area (Å²) >= 11 is 0.